The van der Waals surface area contributed by atoms with Gasteiger partial charge in [-0.2, -0.15) is 13.2 Å². The number of hydrogen-bond donors (Lipinski definition) is 2. The van der Waals surface area contributed by atoms with E-state index in [2.05, 4.69) is 10.3 Å². The Morgan fingerprint density at radius 1 is 1.19 bits per heavy atom. The van der Waals surface area contributed by atoms with Gasteiger partial charge >= 0.3 is 6.18 Å². The van der Waals surface area contributed by atoms with Gasteiger partial charge in [0.05, 0.1) is 11.0 Å². The largest absolute Gasteiger partial charge is 0.440 e. The molecule has 2 aromatic carbocycles. The molecule has 2 heterocycles. The number of aryl methyl sites for hydroxylation is 1. The van der Waals surface area contributed by atoms with Gasteiger partial charge in [0.1, 0.15) is 0 Å². The quantitative estimate of drug-likeness (QED) is 0.723. The number of anilines is 1. The van der Waals surface area contributed by atoms with Crippen molar-refractivity contribution in [1.29, 1.82) is 0 Å². The summed E-state index contributed by atoms with van der Waals surface area (Å²) in [6.45, 7) is 1.71. The lowest BCUT2D eigenvalue weighted by molar-refractivity contribution is -0.169. The molecule has 1 aromatic heterocycles. The maximum Gasteiger partial charge on any atom is 0.440 e. The molecule has 3 aromatic rings. The molecule has 0 bridgehead atoms. The molecule has 6 nitrogen and oxygen atoms in total. The first kappa shape index (κ1) is 17.1. The number of amides is 1. The van der Waals surface area contributed by atoms with Crippen LogP contribution in [0.25, 0.3) is 11.0 Å². The fraction of sp³-hybridized carbons (Fsp3) is 0.167. The predicted octanol–water partition coefficient (Wildman–Crippen LogP) is 3.10. The summed E-state index contributed by atoms with van der Waals surface area (Å²) >= 11 is 0. The van der Waals surface area contributed by atoms with Crippen molar-refractivity contribution in [3.8, 4) is 0 Å². The maximum absolute atomic E-state index is 13.9. The van der Waals surface area contributed by atoms with Crippen LogP contribution < -0.4 is 10.6 Å². The average Bonchev–Trinajstić information content (AvgIpc) is 3.09. The van der Waals surface area contributed by atoms with Gasteiger partial charge < -0.3 is 10.6 Å². The van der Waals surface area contributed by atoms with Crippen LogP contribution in [0.5, 0.6) is 0 Å². The molecule has 1 atom stereocenters. The Morgan fingerprint density at radius 3 is 2.63 bits per heavy atom. The van der Waals surface area contributed by atoms with E-state index in [1.165, 1.54) is 18.2 Å². The number of nitrogens with one attached hydrogen (secondary N) is 2. The molecule has 0 aliphatic carbocycles. The molecule has 0 saturated heterocycles. The van der Waals surface area contributed by atoms with Crippen molar-refractivity contribution in [2.45, 2.75) is 18.8 Å². The van der Waals surface area contributed by atoms with Crippen LogP contribution in [0, 0.1) is 6.92 Å². The molecular formula is C18H13F3N4O2. The average molecular weight is 374 g/mol. The molecule has 1 aliphatic heterocycles. The number of aromatic nitrogens is 2. The van der Waals surface area contributed by atoms with Gasteiger partial charge in [-0.05, 0) is 31.2 Å². The lowest BCUT2D eigenvalue weighted by Crippen LogP contribution is -2.67. The van der Waals surface area contributed by atoms with E-state index in [0.29, 0.717) is 11.1 Å². The minimum absolute atomic E-state index is 0.0163. The van der Waals surface area contributed by atoms with Crippen molar-refractivity contribution in [1.82, 2.24) is 14.9 Å². The molecule has 27 heavy (non-hydrogen) atoms. The van der Waals surface area contributed by atoms with Gasteiger partial charge in [0.25, 0.3) is 17.5 Å². The van der Waals surface area contributed by atoms with Crippen LogP contribution >= 0.6 is 0 Å². The van der Waals surface area contributed by atoms with Crippen molar-refractivity contribution in [3.05, 3.63) is 59.7 Å². The lowest BCUT2D eigenvalue weighted by Gasteiger charge is -2.30. The minimum Gasteiger partial charge on any atom is -0.317 e. The summed E-state index contributed by atoms with van der Waals surface area (Å²) in [6, 6.07) is 12.4. The van der Waals surface area contributed by atoms with Crippen LogP contribution in [0.15, 0.2) is 48.5 Å². The molecule has 0 radical (unpaired) electrons. The number of halogens is 3. The summed E-state index contributed by atoms with van der Waals surface area (Å²) in [5.74, 6) is -2.66. The molecule has 9 heteroatoms. The van der Waals surface area contributed by atoms with E-state index < -0.39 is 23.7 Å². The summed E-state index contributed by atoms with van der Waals surface area (Å²) in [5, 5.41) is 3.93. The molecule has 0 saturated carbocycles. The number of imidazole rings is 1. The van der Waals surface area contributed by atoms with E-state index in [9.17, 15) is 22.8 Å². The molecule has 0 spiro atoms. The second-order valence-corrected chi connectivity index (χ2v) is 6.26. The smallest absolute Gasteiger partial charge is 0.317 e. The first-order valence-electron chi connectivity index (χ1n) is 7.99. The zero-order chi connectivity index (χ0) is 19.4. The third kappa shape index (κ3) is 2.46. The number of alkyl halides is 3. The van der Waals surface area contributed by atoms with Gasteiger partial charge in [0.2, 0.25) is 5.95 Å². The number of carbonyl (C=O) groups excluding carboxylic acids is 2. The van der Waals surface area contributed by atoms with Gasteiger partial charge in [-0.1, -0.05) is 29.8 Å². The Kier molecular flexibility index (Phi) is 3.52. The van der Waals surface area contributed by atoms with Gasteiger partial charge in [-0.25, -0.2) is 9.55 Å². The topological polar surface area (TPSA) is 76.0 Å². The fourth-order valence-corrected chi connectivity index (χ4v) is 3.08. The number of fused-ring (bicyclic) bond motifs is 3. The van der Waals surface area contributed by atoms with Gasteiger partial charge in [-0.15, -0.1) is 0 Å². The zero-order valence-corrected chi connectivity index (χ0v) is 14.0. The summed E-state index contributed by atoms with van der Waals surface area (Å²) in [4.78, 5) is 29.3. The van der Waals surface area contributed by atoms with Crippen LogP contribution in [0.1, 0.15) is 20.7 Å². The van der Waals surface area contributed by atoms with E-state index in [1.807, 2.05) is 5.32 Å². The Hall–Kier alpha value is -3.36. The first-order valence-corrected chi connectivity index (χ1v) is 7.99. The molecule has 138 valence electrons. The SMILES string of the molecule is Cc1cccc(C(=O)N[C@@]2(C(F)(F)F)Nc3nc4ccccc4n3C2=O)c1. The van der Waals surface area contributed by atoms with E-state index in [1.54, 1.807) is 37.3 Å². The van der Waals surface area contributed by atoms with E-state index in [-0.39, 0.29) is 17.0 Å². The Morgan fingerprint density at radius 2 is 1.93 bits per heavy atom. The monoisotopic (exact) mass is 374 g/mol. The van der Waals surface area contributed by atoms with E-state index >= 15 is 0 Å². The fourth-order valence-electron chi connectivity index (χ4n) is 3.08. The predicted molar refractivity (Wildman–Crippen MR) is 91.4 cm³/mol. The van der Waals surface area contributed by atoms with Crippen LogP contribution in [0.2, 0.25) is 0 Å². The Labute approximate surface area is 151 Å². The first-order chi connectivity index (χ1) is 12.7. The number of carbonyl (C=O) groups is 2. The molecule has 4 rings (SSSR count). The van der Waals surface area contributed by atoms with Crippen molar-refractivity contribution in [2.75, 3.05) is 5.32 Å². The summed E-state index contributed by atoms with van der Waals surface area (Å²) in [7, 11) is 0. The number of hydrogen-bond acceptors (Lipinski definition) is 4. The van der Waals surface area contributed by atoms with Gasteiger partial charge in [0.15, 0.2) is 0 Å². The van der Waals surface area contributed by atoms with Crippen molar-refractivity contribution >= 4 is 28.8 Å². The van der Waals surface area contributed by atoms with Gasteiger partial charge in [-0.3, -0.25) is 9.59 Å². The maximum atomic E-state index is 13.9. The standard InChI is InChI=1S/C18H13F3N4O2/c1-10-5-4-6-11(9-10)14(26)23-17(18(19,20)21)15(27)25-13-8-3-2-7-12(13)22-16(25)24-17/h2-9H,1H3,(H,22,24)(H,23,26)/t17-/m1/s1. The molecular weight excluding hydrogens is 361 g/mol. The van der Waals surface area contributed by atoms with Crippen LogP contribution in [-0.4, -0.2) is 33.2 Å². The van der Waals surface area contributed by atoms with Crippen molar-refractivity contribution in [2.24, 2.45) is 0 Å². The highest BCUT2D eigenvalue weighted by Gasteiger charge is 2.66. The van der Waals surface area contributed by atoms with Crippen LogP contribution in [0.4, 0.5) is 19.1 Å². The zero-order valence-electron chi connectivity index (χ0n) is 14.0. The summed E-state index contributed by atoms with van der Waals surface area (Å²) < 4.78 is 42.6. The van der Waals surface area contributed by atoms with Crippen molar-refractivity contribution < 1.29 is 22.8 Å². The Bertz CT molecular complexity index is 1090. The highest BCUT2D eigenvalue weighted by molar-refractivity contribution is 6.08. The third-order valence-corrected chi connectivity index (χ3v) is 4.39. The highest BCUT2D eigenvalue weighted by Crippen LogP contribution is 2.39. The highest BCUT2D eigenvalue weighted by atomic mass is 19.4. The molecule has 1 aliphatic rings. The van der Waals surface area contributed by atoms with Crippen LogP contribution in [-0.2, 0) is 0 Å². The third-order valence-electron chi connectivity index (χ3n) is 4.39. The number of para-hydroxylation sites is 2. The molecule has 0 fully saturated rings. The Balaban J connectivity index is 1.78. The number of rotatable bonds is 2. The minimum atomic E-state index is -5.09. The second kappa shape index (κ2) is 5.57. The van der Waals surface area contributed by atoms with E-state index in [4.69, 9.17) is 0 Å². The normalized spacial score (nSPS) is 19.0. The molecule has 0 unspecified atom stereocenters. The number of benzene rings is 2. The van der Waals surface area contributed by atoms with Gasteiger partial charge in [0, 0.05) is 5.56 Å². The number of nitrogens with zero attached hydrogens (tertiary/aromatic N) is 2. The molecule has 2 N–H and O–H groups in total. The van der Waals surface area contributed by atoms with Crippen LogP contribution in [0.3, 0.4) is 0 Å². The summed E-state index contributed by atoms with van der Waals surface area (Å²) in [5.41, 5.74) is -1.98. The molecule has 1 amide bonds. The summed E-state index contributed by atoms with van der Waals surface area (Å²) in [6.07, 6.45) is -5.09. The second-order valence-electron chi connectivity index (χ2n) is 6.26. The van der Waals surface area contributed by atoms with Crippen molar-refractivity contribution in [3.63, 3.8) is 0 Å². The van der Waals surface area contributed by atoms with E-state index in [0.717, 1.165) is 4.57 Å². The lowest BCUT2D eigenvalue weighted by atomic mass is 10.1.